The third kappa shape index (κ3) is 4.04. The van der Waals surface area contributed by atoms with Gasteiger partial charge >= 0.3 is 4.87 Å². The van der Waals surface area contributed by atoms with E-state index in [1.54, 1.807) is 10.8 Å². The van der Waals surface area contributed by atoms with Gasteiger partial charge in [-0.1, -0.05) is 22.9 Å². The molecule has 3 rings (SSSR count). The van der Waals surface area contributed by atoms with Crippen LogP contribution in [0.15, 0.2) is 23.1 Å². The van der Waals surface area contributed by atoms with Crippen LogP contribution in [0.25, 0.3) is 0 Å². The summed E-state index contributed by atoms with van der Waals surface area (Å²) in [6.07, 6.45) is 1.99. The first kappa shape index (κ1) is 17.9. The van der Waals surface area contributed by atoms with Crippen LogP contribution in [-0.2, 0) is 11.3 Å². The minimum Gasteiger partial charge on any atom is -0.353 e. The molecule has 2 aromatic heterocycles. The van der Waals surface area contributed by atoms with Gasteiger partial charge in [-0.3, -0.25) is 9.59 Å². The molecule has 1 aliphatic rings. The van der Waals surface area contributed by atoms with E-state index in [0.717, 1.165) is 29.5 Å². The second-order valence-electron chi connectivity index (χ2n) is 6.11. The SMILES string of the molecule is Cc1sc(=O)n(CCC(=O)N2CCN(c3ccc(Cl)cn3)CC2)c1C. The number of piperazine rings is 1. The predicted octanol–water partition coefficient (Wildman–Crippen LogP) is 2.31. The van der Waals surface area contributed by atoms with Crippen LogP contribution in [0.3, 0.4) is 0 Å². The Morgan fingerprint density at radius 3 is 2.52 bits per heavy atom. The fourth-order valence-corrected chi connectivity index (χ4v) is 3.92. The summed E-state index contributed by atoms with van der Waals surface area (Å²) in [7, 11) is 0. The van der Waals surface area contributed by atoms with Gasteiger partial charge in [-0.05, 0) is 26.0 Å². The van der Waals surface area contributed by atoms with Crippen molar-refractivity contribution in [3.63, 3.8) is 0 Å². The van der Waals surface area contributed by atoms with Crippen molar-refractivity contribution in [3.8, 4) is 0 Å². The van der Waals surface area contributed by atoms with E-state index in [-0.39, 0.29) is 10.8 Å². The van der Waals surface area contributed by atoms with Crippen LogP contribution in [0.2, 0.25) is 5.02 Å². The summed E-state index contributed by atoms with van der Waals surface area (Å²) in [5, 5.41) is 0.617. The Kier molecular flexibility index (Phi) is 5.44. The molecule has 1 saturated heterocycles. The summed E-state index contributed by atoms with van der Waals surface area (Å²) in [6, 6.07) is 3.72. The highest BCUT2D eigenvalue weighted by molar-refractivity contribution is 7.09. The molecule has 0 N–H and O–H groups in total. The zero-order valence-electron chi connectivity index (χ0n) is 14.4. The molecule has 25 heavy (non-hydrogen) atoms. The van der Waals surface area contributed by atoms with E-state index < -0.39 is 0 Å². The van der Waals surface area contributed by atoms with Crippen LogP contribution >= 0.6 is 22.9 Å². The third-order valence-electron chi connectivity index (χ3n) is 4.59. The summed E-state index contributed by atoms with van der Waals surface area (Å²) in [4.78, 5) is 33.7. The molecule has 1 aliphatic heterocycles. The number of aryl methyl sites for hydroxylation is 1. The predicted molar refractivity (Wildman–Crippen MR) is 101 cm³/mol. The Bertz CT molecular complexity index is 807. The fraction of sp³-hybridized carbons (Fsp3) is 0.471. The van der Waals surface area contributed by atoms with E-state index in [1.165, 1.54) is 11.3 Å². The molecule has 0 spiro atoms. The van der Waals surface area contributed by atoms with Gasteiger partial charge in [0.1, 0.15) is 5.82 Å². The van der Waals surface area contributed by atoms with Crippen LogP contribution in [0.5, 0.6) is 0 Å². The standard InChI is InChI=1S/C17H21ClN4O2S/c1-12-13(2)25-17(24)22(12)6-5-16(23)21-9-7-20(8-10-21)15-4-3-14(18)11-19-15/h3-4,11H,5-10H2,1-2H3. The Hall–Kier alpha value is -1.86. The van der Waals surface area contributed by atoms with Crippen LogP contribution < -0.4 is 9.77 Å². The number of aromatic nitrogens is 2. The number of amides is 1. The minimum absolute atomic E-state index is 0.0152. The van der Waals surface area contributed by atoms with E-state index in [0.29, 0.717) is 31.1 Å². The van der Waals surface area contributed by atoms with E-state index in [1.807, 2.05) is 30.9 Å². The van der Waals surface area contributed by atoms with Gasteiger partial charge in [0.15, 0.2) is 0 Å². The summed E-state index contributed by atoms with van der Waals surface area (Å²) in [5.74, 6) is 0.978. The fourth-order valence-electron chi connectivity index (χ4n) is 2.95. The molecule has 1 amide bonds. The Morgan fingerprint density at radius 1 is 1.24 bits per heavy atom. The van der Waals surface area contributed by atoms with E-state index in [4.69, 9.17) is 11.6 Å². The summed E-state index contributed by atoms with van der Waals surface area (Å²) in [5.41, 5.74) is 0.960. The molecule has 6 nitrogen and oxygen atoms in total. The second-order valence-corrected chi connectivity index (χ2v) is 7.72. The number of thiazole rings is 1. The summed E-state index contributed by atoms with van der Waals surface area (Å²) < 4.78 is 1.70. The molecule has 1 fully saturated rings. The first-order chi connectivity index (χ1) is 12.0. The summed E-state index contributed by atoms with van der Waals surface area (Å²) >= 11 is 7.11. The van der Waals surface area contributed by atoms with Crippen LogP contribution in [0, 0.1) is 13.8 Å². The number of carbonyl (C=O) groups excluding carboxylic acids is 1. The average Bonchev–Trinajstić information content (AvgIpc) is 2.86. The smallest absolute Gasteiger partial charge is 0.307 e. The molecule has 2 aromatic rings. The highest BCUT2D eigenvalue weighted by Crippen LogP contribution is 2.17. The highest BCUT2D eigenvalue weighted by Gasteiger charge is 2.22. The van der Waals surface area contributed by atoms with E-state index in [9.17, 15) is 9.59 Å². The Morgan fingerprint density at radius 2 is 1.96 bits per heavy atom. The van der Waals surface area contributed by atoms with Crippen molar-refractivity contribution < 1.29 is 4.79 Å². The minimum atomic E-state index is 0.0152. The van der Waals surface area contributed by atoms with Crippen molar-refractivity contribution in [2.24, 2.45) is 0 Å². The molecule has 3 heterocycles. The van der Waals surface area contributed by atoms with Gasteiger partial charge < -0.3 is 14.4 Å². The molecule has 134 valence electrons. The van der Waals surface area contributed by atoms with Gasteiger partial charge in [0.25, 0.3) is 0 Å². The van der Waals surface area contributed by atoms with E-state index >= 15 is 0 Å². The largest absolute Gasteiger partial charge is 0.353 e. The number of anilines is 1. The highest BCUT2D eigenvalue weighted by atomic mass is 35.5. The van der Waals surface area contributed by atoms with Crippen molar-refractivity contribution in [2.45, 2.75) is 26.8 Å². The van der Waals surface area contributed by atoms with Crippen molar-refractivity contribution in [2.75, 3.05) is 31.1 Å². The lowest BCUT2D eigenvalue weighted by atomic mass is 10.2. The number of hydrogen-bond donors (Lipinski definition) is 0. The first-order valence-corrected chi connectivity index (χ1v) is 9.46. The summed E-state index contributed by atoms with van der Waals surface area (Å²) in [6.45, 7) is 7.14. The lowest BCUT2D eigenvalue weighted by Gasteiger charge is -2.35. The van der Waals surface area contributed by atoms with Crippen LogP contribution in [0.1, 0.15) is 17.0 Å². The average molecular weight is 381 g/mol. The van der Waals surface area contributed by atoms with Crippen molar-refractivity contribution >= 4 is 34.7 Å². The maximum atomic E-state index is 12.5. The molecule has 8 heteroatoms. The topological polar surface area (TPSA) is 58.4 Å². The molecular weight excluding hydrogens is 360 g/mol. The van der Waals surface area contributed by atoms with Gasteiger partial charge in [0, 0.05) is 55.9 Å². The molecule has 0 atom stereocenters. The molecule has 0 radical (unpaired) electrons. The Balaban J connectivity index is 1.53. The lowest BCUT2D eigenvalue weighted by molar-refractivity contribution is -0.131. The molecule has 0 unspecified atom stereocenters. The van der Waals surface area contributed by atoms with Crippen molar-refractivity contribution in [1.82, 2.24) is 14.5 Å². The van der Waals surface area contributed by atoms with Crippen LogP contribution in [-0.4, -0.2) is 46.5 Å². The molecular formula is C17H21ClN4O2S. The monoisotopic (exact) mass is 380 g/mol. The molecule has 0 saturated carbocycles. The number of rotatable bonds is 4. The maximum absolute atomic E-state index is 12.5. The number of halogens is 1. The number of pyridine rings is 1. The third-order valence-corrected chi connectivity index (χ3v) is 5.81. The Labute approximate surface area is 155 Å². The lowest BCUT2D eigenvalue weighted by Crippen LogP contribution is -2.49. The second kappa shape index (κ2) is 7.58. The normalized spacial score (nSPS) is 14.8. The van der Waals surface area contributed by atoms with E-state index in [2.05, 4.69) is 9.88 Å². The van der Waals surface area contributed by atoms with Gasteiger partial charge in [0.05, 0.1) is 5.02 Å². The quantitative estimate of drug-likeness (QED) is 0.816. The molecule has 0 aliphatic carbocycles. The van der Waals surface area contributed by atoms with Gasteiger partial charge in [-0.15, -0.1) is 0 Å². The van der Waals surface area contributed by atoms with Crippen molar-refractivity contribution in [3.05, 3.63) is 43.6 Å². The molecule has 0 bridgehead atoms. The van der Waals surface area contributed by atoms with Crippen LogP contribution in [0.4, 0.5) is 5.82 Å². The van der Waals surface area contributed by atoms with Gasteiger partial charge in [0.2, 0.25) is 5.91 Å². The van der Waals surface area contributed by atoms with Gasteiger partial charge in [-0.25, -0.2) is 4.98 Å². The zero-order valence-corrected chi connectivity index (χ0v) is 15.9. The van der Waals surface area contributed by atoms with Crippen molar-refractivity contribution in [1.29, 1.82) is 0 Å². The number of hydrogen-bond acceptors (Lipinski definition) is 5. The maximum Gasteiger partial charge on any atom is 0.307 e. The molecule has 0 aromatic carbocycles. The van der Waals surface area contributed by atoms with Gasteiger partial charge in [-0.2, -0.15) is 0 Å². The number of carbonyl (C=O) groups is 1. The number of nitrogens with zero attached hydrogens (tertiary/aromatic N) is 4. The first-order valence-electron chi connectivity index (χ1n) is 8.27. The zero-order chi connectivity index (χ0) is 18.0.